The van der Waals surface area contributed by atoms with E-state index in [1.165, 1.54) is 7.11 Å². The molecule has 0 unspecified atom stereocenters. The summed E-state index contributed by atoms with van der Waals surface area (Å²) in [5.74, 6) is -1.12. The molecule has 7 nitrogen and oxygen atoms in total. The topological polar surface area (TPSA) is 102 Å². The van der Waals surface area contributed by atoms with Crippen molar-refractivity contribution in [1.29, 1.82) is 0 Å². The van der Waals surface area contributed by atoms with Gasteiger partial charge < -0.3 is 20.7 Å². The van der Waals surface area contributed by atoms with Crippen molar-refractivity contribution in [2.24, 2.45) is 11.7 Å². The summed E-state index contributed by atoms with van der Waals surface area (Å²) in [6, 6.07) is 6.17. The number of carbonyl (C=O) groups excluding carboxylic acids is 3. The van der Waals surface area contributed by atoms with E-state index in [0.29, 0.717) is 24.2 Å². The molecule has 1 aromatic rings. The van der Waals surface area contributed by atoms with Crippen LogP contribution in [0.3, 0.4) is 0 Å². The summed E-state index contributed by atoms with van der Waals surface area (Å²) in [5, 5.41) is 2.77. The van der Waals surface area contributed by atoms with Crippen molar-refractivity contribution in [1.82, 2.24) is 4.90 Å². The Kier molecular flexibility index (Phi) is 5.20. The first kappa shape index (κ1) is 16.8. The van der Waals surface area contributed by atoms with Gasteiger partial charge in [0.05, 0.1) is 18.6 Å². The monoisotopic (exact) mass is 319 g/mol. The summed E-state index contributed by atoms with van der Waals surface area (Å²) in [6.07, 6.45) is 1.44. The number of hydrogen-bond acceptors (Lipinski definition) is 4. The van der Waals surface area contributed by atoms with Crippen molar-refractivity contribution in [3.63, 3.8) is 0 Å². The van der Waals surface area contributed by atoms with Crippen LogP contribution in [-0.4, -0.2) is 42.5 Å². The van der Waals surface area contributed by atoms with Crippen LogP contribution in [0.4, 0.5) is 10.5 Å². The summed E-state index contributed by atoms with van der Waals surface area (Å²) >= 11 is 0. The fourth-order valence-corrected chi connectivity index (χ4v) is 2.62. The highest BCUT2D eigenvalue weighted by atomic mass is 16.5. The Morgan fingerprint density at radius 2 is 1.87 bits per heavy atom. The van der Waals surface area contributed by atoms with Crippen molar-refractivity contribution in [2.75, 3.05) is 19.0 Å². The number of nitrogens with two attached hydrogens (primary N) is 1. The maximum Gasteiger partial charge on any atom is 0.337 e. The molecule has 1 aromatic carbocycles. The van der Waals surface area contributed by atoms with Gasteiger partial charge in [-0.1, -0.05) is 0 Å². The van der Waals surface area contributed by atoms with E-state index < -0.39 is 5.97 Å². The zero-order valence-corrected chi connectivity index (χ0v) is 13.2. The summed E-state index contributed by atoms with van der Waals surface area (Å²) < 4.78 is 4.62. The van der Waals surface area contributed by atoms with Crippen LogP contribution in [0, 0.1) is 5.92 Å². The average Bonchev–Trinajstić information content (AvgIpc) is 2.54. The molecule has 0 saturated carbocycles. The molecule has 3 amide bonds. The molecule has 0 bridgehead atoms. The van der Waals surface area contributed by atoms with Crippen molar-refractivity contribution >= 4 is 23.6 Å². The number of anilines is 1. The van der Waals surface area contributed by atoms with Gasteiger partial charge in [-0.15, -0.1) is 0 Å². The molecule has 1 aliphatic rings. The van der Waals surface area contributed by atoms with E-state index in [2.05, 4.69) is 10.1 Å². The Morgan fingerprint density at radius 1 is 1.22 bits per heavy atom. The number of nitrogens with one attached hydrogen (secondary N) is 1. The van der Waals surface area contributed by atoms with Gasteiger partial charge in [-0.25, -0.2) is 9.59 Å². The SMILES string of the molecule is COC(=O)c1ccc(NC(=O)N2C[C@H](C(N)=O)CC[C@@H]2C)cc1. The van der Waals surface area contributed by atoms with Gasteiger partial charge in [0.15, 0.2) is 0 Å². The largest absolute Gasteiger partial charge is 0.465 e. The van der Waals surface area contributed by atoms with Gasteiger partial charge >= 0.3 is 12.0 Å². The van der Waals surface area contributed by atoms with Gasteiger partial charge in [0, 0.05) is 18.3 Å². The Balaban J connectivity index is 2.02. The van der Waals surface area contributed by atoms with Gasteiger partial charge in [0.2, 0.25) is 5.91 Å². The maximum atomic E-state index is 12.4. The molecule has 1 heterocycles. The Morgan fingerprint density at radius 3 is 2.43 bits per heavy atom. The molecule has 0 radical (unpaired) electrons. The zero-order chi connectivity index (χ0) is 17.0. The summed E-state index contributed by atoms with van der Waals surface area (Å²) in [5.41, 5.74) is 6.32. The third-order valence-corrected chi connectivity index (χ3v) is 4.10. The third kappa shape index (κ3) is 4.00. The molecule has 1 fully saturated rings. The van der Waals surface area contributed by atoms with Crippen LogP contribution in [0.25, 0.3) is 0 Å². The van der Waals surface area contributed by atoms with Crippen molar-refractivity contribution < 1.29 is 19.1 Å². The first-order chi connectivity index (χ1) is 10.9. The maximum absolute atomic E-state index is 12.4. The minimum atomic E-state index is -0.433. The molecular weight excluding hydrogens is 298 g/mol. The predicted molar refractivity (Wildman–Crippen MR) is 84.9 cm³/mol. The number of methoxy groups -OCH3 is 1. The van der Waals surface area contributed by atoms with Crippen LogP contribution < -0.4 is 11.1 Å². The number of urea groups is 1. The van der Waals surface area contributed by atoms with E-state index in [0.717, 1.165) is 6.42 Å². The Bertz CT molecular complexity index is 600. The molecule has 0 spiro atoms. The lowest BCUT2D eigenvalue weighted by atomic mass is 9.93. The Labute approximate surface area is 134 Å². The standard InChI is InChI=1S/C16H21N3O4/c1-10-3-4-12(14(17)20)9-19(10)16(22)18-13-7-5-11(6-8-13)15(21)23-2/h5-8,10,12H,3-4,9H2,1-2H3,(H2,17,20)(H,18,22)/t10-,12+/m0/s1. The number of primary amides is 1. The number of esters is 1. The number of benzene rings is 1. The molecule has 23 heavy (non-hydrogen) atoms. The highest BCUT2D eigenvalue weighted by Gasteiger charge is 2.31. The Hall–Kier alpha value is -2.57. The average molecular weight is 319 g/mol. The van der Waals surface area contributed by atoms with Crippen LogP contribution in [0.5, 0.6) is 0 Å². The number of nitrogens with zero attached hydrogens (tertiary/aromatic N) is 1. The number of amides is 3. The van der Waals surface area contributed by atoms with E-state index in [4.69, 9.17) is 5.73 Å². The highest BCUT2D eigenvalue weighted by Crippen LogP contribution is 2.22. The summed E-state index contributed by atoms with van der Waals surface area (Å²) in [7, 11) is 1.31. The van der Waals surface area contributed by atoms with Gasteiger partial charge in [-0.3, -0.25) is 4.79 Å². The van der Waals surface area contributed by atoms with Crippen LogP contribution >= 0.6 is 0 Å². The minimum Gasteiger partial charge on any atom is -0.465 e. The highest BCUT2D eigenvalue weighted by molar-refractivity contribution is 5.92. The van der Waals surface area contributed by atoms with E-state index in [1.807, 2.05) is 6.92 Å². The molecule has 0 aromatic heterocycles. The minimum absolute atomic E-state index is 0.0416. The second-order valence-corrected chi connectivity index (χ2v) is 5.68. The quantitative estimate of drug-likeness (QED) is 0.826. The first-order valence-corrected chi connectivity index (χ1v) is 7.47. The van der Waals surface area contributed by atoms with E-state index >= 15 is 0 Å². The van der Waals surface area contributed by atoms with Crippen molar-refractivity contribution in [3.05, 3.63) is 29.8 Å². The summed E-state index contributed by atoms with van der Waals surface area (Å²) in [6.45, 7) is 2.26. The van der Waals surface area contributed by atoms with Gasteiger partial charge in [-0.05, 0) is 44.0 Å². The van der Waals surface area contributed by atoms with E-state index in [9.17, 15) is 14.4 Å². The zero-order valence-electron chi connectivity index (χ0n) is 13.2. The lowest BCUT2D eigenvalue weighted by Crippen LogP contribution is -2.50. The second-order valence-electron chi connectivity index (χ2n) is 5.68. The van der Waals surface area contributed by atoms with Gasteiger partial charge in [-0.2, -0.15) is 0 Å². The molecule has 1 saturated heterocycles. The normalized spacial score (nSPS) is 20.7. The molecular formula is C16H21N3O4. The number of rotatable bonds is 3. The number of ether oxygens (including phenoxy) is 1. The first-order valence-electron chi connectivity index (χ1n) is 7.47. The fourth-order valence-electron chi connectivity index (χ4n) is 2.62. The van der Waals surface area contributed by atoms with E-state index in [-0.39, 0.29) is 23.9 Å². The number of likely N-dealkylation sites (tertiary alicyclic amines) is 1. The van der Waals surface area contributed by atoms with Gasteiger partial charge in [0.1, 0.15) is 0 Å². The van der Waals surface area contributed by atoms with Crippen molar-refractivity contribution in [3.8, 4) is 0 Å². The fraction of sp³-hybridized carbons (Fsp3) is 0.438. The third-order valence-electron chi connectivity index (χ3n) is 4.10. The number of carbonyl (C=O) groups is 3. The molecule has 1 aliphatic heterocycles. The molecule has 3 N–H and O–H groups in total. The number of hydrogen-bond donors (Lipinski definition) is 2. The lowest BCUT2D eigenvalue weighted by Gasteiger charge is -2.36. The predicted octanol–water partition coefficient (Wildman–Crippen LogP) is 1.59. The van der Waals surface area contributed by atoms with Gasteiger partial charge in [0.25, 0.3) is 0 Å². The van der Waals surface area contributed by atoms with Crippen LogP contribution in [0.15, 0.2) is 24.3 Å². The molecule has 124 valence electrons. The van der Waals surface area contributed by atoms with E-state index in [1.54, 1.807) is 29.2 Å². The smallest absolute Gasteiger partial charge is 0.337 e. The number of piperidine rings is 1. The van der Waals surface area contributed by atoms with Crippen LogP contribution in [-0.2, 0) is 9.53 Å². The molecule has 7 heteroatoms. The summed E-state index contributed by atoms with van der Waals surface area (Å²) in [4.78, 5) is 36.7. The van der Waals surface area contributed by atoms with Crippen molar-refractivity contribution in [2.45, 2.75) is 25.8 Å². The molecule has 2 atom stereocenters. The molecule has 2 rings (SSSR count). The molecule has 0 aliphatic carbocycles. The van der Waals surface area contributed by atoms with Crippen LogP contribution in [0.1, 0.15) is 30.1 Å². The van der Waals surface area contributed by atoms with Crippen LogP contribution in [0.2, 0.25) is 0 Å². The second kappa shape index (κ2) is 7.13. The lowest BCUT2D eigenvalue weighted by molar-refractivity contribution is -0.123.